The first-order chi connectivity index (χ1) is 14.7. The summed E-state index contributed by atoms with van der Waals surface area (Å²) in [6.45, 7) is 1.69. The highest BCUT2D eigenvalue weighted by Crippen LogP contribution is 2.16. The summed E-state index contributed by atoms with van der Waals surface area (Å²) in [4.78, 5) is 15.1. The fourth-order valence-corrected chi connectivity index (χ4v) is 3.50. The first-order valence-corrected chi connectivity index (χ1v) is 9.96. The highest BCUT2D eigenvalue weighted by atomic mass is 19.1. The third kappa shape index (κ3) is 4.84. The van der Waals surface area contributed by atoms with E-state index in [9.17, 15) is 9.18 Å². The van der Waals surface area contributed by atoms with Crippen LogP contribution in [0.1, 0.15) is 27.2 Å². The van der Waals surface area contributed by atoms with Gasteiger partial charge in [0.25, 0.3) is 5.91 Å². The number of carbonyl (C=O) groups is 1. The Morgan fingerprint density at radius 3 is 2.03 bits per heavy atom. The average molecular weight is 398 g/mol. The third-order valence-electron chi connectivity index (χ3n) is 5.07. The molecule has 0 N–H and O–H groups in total. The molecule has 0 radical (unpaired) electrons. The van der Waals surface area contributed by atoms with Crippen molar-refractivity contribution >= 4 is 5.91 Å². The van der Waals surface area contributed by atoms with Crippen LogP contribution in [-0.4, -0.2) is 15.4 Å². The Morgan fingerprint density at radius 2 is 1.37 bits per heavy atom. The Bertz CT molecular complexity index is 1090. The van der Waals surface area contributed by atoms with Crippen LogP contribution in [0.5, 0.6) is 0 Å². The van der Waals surface area contributed by atoms with E-state index in [4.69, 9.17) is 0 Å². The van der Waals surface area contributed by atoms with Crippen molar-refractivity contribution in [1.82, 2.24) is 9.47 Å². The summed E-state index contributed by atoms with van der Waals surface area (Å²) in [5.41, 5.74) is 3.78. The van der Waals surface area contributed by atoms with Crippen molar-refractivity contribution in [3.05, 3.63) is 131 Å². The van der Waals surface area contributed by atoms with E-state index in [0.29, 0.717) is 18.7 Å². The Balaban J connectivity index is 1.59. The maximum Gasteiger partial charge on any atom is 0.254 e. The largest absolute Gasteiger partial charge is 0.345 e. The van der Waals surface area contributed by atoms with Gasteiger partial charge < -0.3 is 9.47 Å². The minimum atomic E-state index is -0.349. The van der Waals surface area contributed by atoms with Crippen LogP contribution < -0.4 is 0 Å². The summed E-state index contributed by atoms with van der Waals surface area (Å²) in [7, 11) is 0. The Labute approximate surface area is 176 Å². The lowest BCUT2D eigenvalue weighted by molar-refractivity contribution is 0.0726. The van der Waals surface area contributed by atoms with E-state index >= 15 is 0 Å². The van der Waals surface area contributed by atoms with Gasteiger partial charge in [0, 0.05) is 30.5 Å². The summed E-state index contributed by atoms with van der Waals surface area (Å²) in [5, 5.41) is 0. The zero-order valence-corrected chi connectivity index (χ0v) is 16.6. The zero-order chi connectivity index (χ0) is 20.8. The van der Waals surface area contributed by atoms with Crippen molar-refractivity contribution in [1.29, 1.82) is 0 Å². The fraction of sp³-hybridized carbons (Fsp3) is 0.115. The van der Waals surface area contributed by atoms with Crippen LogP contribution in [0.15, 0.2) is 103 Å². The van der Waals surface area contributed by atoms with Crippen LogP contribution in [-0.2, 0) is 19.6 Å². The molecule has 4 aromatic rings. The van der Waals surface area contributed by atoms with E-state index in [-0.39, 0.29) is 11.7 Å². The summed E-state index contributed by atoms with van der Waals surface area (Å²) in [6, 6.07) is 29.9. The topological polar surface area (TPSA) is 25.2 Å². The van der Waals surface area contributed by atoms with E-state index in [0.717, 1.165) is 17.8 Å². The number of nitrogens with zero attached hydrogens (tertiary/aromatic N) is 2. The molecular weight excluding hydrogens is 375 g/mol. The van der Waals surface area contributed by atoms with Crippen LogP contribution in [0.2, 0.25) is 0 Å². The van der Waals surface area contributed by atoms with Crippen molar-refractivity contribution in [2.75, 3.05) is 0 Å². The molecule has 1 heterocycles. The molecule has 0 aliphatic carbocycles. The first kappa shape index (κ1) is 19.6. The summed E-state index contributed by atoms with van der Waals surface area (Å²) in [6.07, 6.45) is 2.03. The van der Waals surface area contributed by atoms with Gasteiger partial charge in [0.1, 0.15) is 5.82 Å². The molecule has 1 aromatic heterocycles. The number of hydrogen-bond donors (Lipinski definition) is 0. The van der Waals surface area contributed by atoms with Crippen LogP contribution in [0, 0.1) is 5.82 Å². The van der Waals surface area contributed by atoms with E-state index in [2.05, 4.69) is 16.7 Å². The van der Waals surface area contributed by atoms with Crippen LogP contribution in [0.25, 0.3) is 0 Å². The molecule has 4 heteroatoms. The molecule has 0 saturated carbocycles. The highest BCUT2D eigenvalue weighted by molar-refractivity contribution is 5.94. The molecule has 3 nitrogen and oxygen atoms in total. The molecule has 0 aliphatic rings. The van der Waals surface area contributed by atoms with Gasteiger partial charge in [0.15, 0.2) is 0 Å². The molecule has 0 unspecified atom stereocenters. The van der Waals surface area contributed by atoms with Gasteiger partial charge in [-0.2, -0.15) is 0 Å². The molecule has 150 valence electrons. The minimum Gasteiger partial charge on any atom is -0.345 e. The number of rotatable bonds is 7. The van der Waals surface area contributed by atoms with Crippen LogP contribution in [0.4, 0.5) is 4.39 Å². The Hall–Kier alpha value is -3.66. The Kier molecular flexibility index (Phi) is 6.04. The van der Waals surface area contributed by atoms with E-state index in [1.807, 2.05) is 66.9 Å². The molecule has 4 rings (SSSR count). The summed E-state index contributed by atoms with van der Waals surface area (Å²) < 4.78 is 15.5. The maximum atomic E-state index is 13.3. The first-order valence-electron chi connectivity index (χ1n) is 9.96. The predicted molar refractivity (Wildman–Crippen MR) is 116 cm³/mol. The van der Waals surface area contributed by atoms with Crippen molar-refractivity contribution in [3.63, 3.8) is 0 Å². The second kappa shape index (κ2) is 9.23. The lowest BCUT2D eigenvalue weighted by Crippen LogP contribution is -2.31. The van der Waals surface area contributed by atoms with Crippen LogP contribution in [0.3, 0.4) is 0 Å². The Morgan fingerprint density at radius 1 is 0.733 bits per heavy atom. The normalized spacial score (nSPS) is 10.7. The fourth-order valence-electron chi connectivity index (χ4n) is 3.50. The smallest absolute Gasteiger partial charge is 0.254 e. The monoisotopic (exact) mass is 398 g/mol. The third-order valence-corrected chi connectivity index (χ3v) is 5.07. The number of amides is 1. The van der Waals surface area contributed by atoms with E-state index in [1.165, 1.54) is 17.7 Å². The van der Waals surface area contributed by atoms with Gasteiger partial charge >= 0.3 is 0 Å². The number of halogens is 1. The zero-order valence-electron chi connectivity index (χ0n) is 16.6. The second-order valence-electron chi connectivity index (χ2n) is 7.27. The lowest BCUT2D eigenvalue weighted by Gasteiger charge is -2.24. The number of carbonyl (C=O) groups excluding carboxylic acids is 1. The summed E-state index contributed by atoms with van der Waals surface area (Å²) >= 11 is 0. The molecule has 0 saturated heterocycles. The second-order valence-corrected chi connectivity index (χ2v) is 7.27. The SMILES string of the molecule is O=C(c1ccc(F)cc1)N(Cc1ccccc1)Cc1cccn1Cc1ccccc1. The minimum absolute atomic E-state index is 0.119. The van der Waals surface area contributed by atoms with E-state index in [1.54, 1.807) is 17.0 Å². The molecule has 1 amide bonds. The summed E-state index contributed by atoms with van der Waals surface area (Å²) in [5.74, 6) is -0.468. The van der Waals surface area contributed by atoms with Gasteiger partial charge in [0.05, 0.1) is 6.54 Å². The lowest BCUT2D eigenvalue weighted by atomic mass is 10.1. The van der Waals surface area contributed by atoms with E-state index < -0.39 is 0 Å². The molecule has 0 spiro atoms. The van der Waals surface area contributed by atoms with Gasteiger partial charge in [-0.3, -0.25) is 4.79 Å². The van der Waals surface area contributed by atoms with Crippen molar-refractivity contribution in [3.8, 4) is 0 Å². The van der Waals surface area contributed by atoms with Crippen molar-refractivity contribution in [2.24, 2.45) is 0 Å². The van der Waals surface area contributed by atoms with Gasteiger partial charge in [-0.25, -0.2) is 4.39 Å². The van der Waals surface area contributed by atoms with Crippen molar-refractivity contribution in [2.45, 2.75) is 19.6 Å². The number of hydrogen-bond acceptors (Lipinski definition) is 1. The molecule has 0 fully saturated rings. The maximum absolute atomic E-state index is 13.3. The molecule has 30 heavy (non-hydrogen) atoms. The molecule has 3 aromatic carbocycles. The number of aromatic nitrogens is 1. The van der Waals surface area contributed by atoms with Gasteiger partial charge in [-0.05, 0) is 47.5 Å². The standard InChI is InChI=1S/C26H23FN2O/c27-24-15-13-23(14-16-24)26(30)29(19-22-10-5-2-6-11-22)20-25-12-7-17-28(25)18-21-8-3-1-4-9-21/h1-17H,18-20H2. The van der Waals surface area contributed by atoms with Crippen molar-refractivity contribution < 1.29 is 9.18 Å². The van der Waals surface area contributed by atoms with Gasteiger partial charge in [0.2, 0.25) is 0 Å². The predicted octanol–water partition coefficient (Wildman–Crippen LogP) is 5.52. The molecule has 0 aliphatic heterocycles. The van der Waals surface area contributed by atoms with Gasteiger partial charge in [-0.1, -0.05) is 60.7 Å². The number of benzene rings is 3. The molecule has 0 bridgehead atoms. The molecule has 0 atom stereocenters. The van der Waals surface area contributed by atoms with Crippen LogP contribution >= 0.6 is 0 Å². The molecular formula is C26H23FN2O. The quantitative estimate of drug-likeness (QED) is 0.402. The van der Waals surface area contributed by atoms with Gasteiger partial charge in [-0.15, -0.1) is 0 Å². The average Bonchev–Trinajstić information content (AvgIpc) is 3.21. The highest BCUT2D eigenvalue weighted by Gasteiger charge is 2.18.